The lowest BCUT2D eigenvalue weighted by molar-refractivity contribution is 0.0855. The van der Waals surface area contributed by atoms with Crippen LogP contribution >= 0.6 is 0 Å². The van der Waals surface area contributed by atoms with Gasteiger partial charge in [0, 0.05) is 12.8 Å². The Balaban J connectivity index is 1.85. The summed E-state index contributed by atoms with van der Waals surface area (Å²) in [5.41, 5.74) is 1.85. The zero-order valence-corrected chi connectivity index (χ0v) is 11.6. The van der Waals surface area contributed by atoms with Crippen LogP contribution in [-0.2, 0) is 4.74 Å². The number of nitrogens with one attached hydrogen (secondary N) is 2. The Morgan fingerprint density at radius 2 is 2.20 bits per heavy atom. The van der Waals surface area contributed by atoms with Crippen LogP contribution in [0.5, 0.6) is 0 Å². The molecule has 5 nitrogen and oxygen atoms in total. The number of anilines is 1. The van der Waals surface area contributed by atoms with Crippen LogP contribution in [0.3, 0.4) is 0 Å². The van der Waals surface area contributed by atoms with Crippen molar-refractivity contribution in [3.8, 4) is 0 Å². The number of benzene rings is 1. The fraction of sp³-hybridized carbons (Fsp3) is 0.267. The number of hydrogen-bond acceptors (Lipinski definition) is 3. The van der Waals surface area contributed by atoms with Gasteiger partial charge in [-0.15, -0.1) is 0 Å². The van der Waals surface area contributed by atoms with Gasteiger partial charge in [0.25, 0.3) is 0 Å². The maximum atomic E-state index is 11.8. The molecule has 1 heterocycles. The molecule has 1 aromatic heterocycles. The second-order valence-corrected chi connectivity index (χ2v) is 4.44. The van der Waals surface area contributed by atoms with Gasteiger partial charge in [-0.1, -0.05) is 12.1 Å². The molecule has 0 unspecified atom stereocenters. The van der Waals surface area contributed by atoms with Crippen molar-refractivity contribution in [1.82, 2.24) is 5.32 Å². The molecule has 5 heteroatoms. The van der Waals surface area contributed by atoms with E-state index in [0.717, 1.165) is 11.3 Å². The molecule has 2 aromatic rings. The van der Waals surface area contributed by atoms with Gasteiger partial charge >= 0.3 is 6.03 Å². The average Bonchev–Trinajstić information content (AvgIpc) is 2.93. The summed E-state index contributed by atoms with van der Waals surface area (Å²) in [4.78, 5) is 11.8. The van der Waals surface area contributed by atoms with Crippen LogP contribution in [0.1, 0.15) is 17.4 Å². The minimum atomic E-state index is -0.298. The van der Waals surface area contributed by atoms with Gasteiger partial charge in [-0.25, -0.2) is 4.79 Å². The summed E-state index contributed by atoms with van der Waals surface area (Å²) in [6.45, 7) is 2.31. The number of urea groups is 1. The predicted octanol–water partition coefficient (Wildman–Crippen LogP) is 3.10. The number of amides is 2. The molecule has 0 aliphatic heterocycles. The Labute approximate surface area is 117 Å². The molecule has 0 spiro atoms. The molecule has 0 aliphatic rings. The van der Waals surface area contributed by atoms with Crippen LogP contribution in [-0.4, -0.2) is 19.7 Å². The second-order valence-electron chi connectivity index (χ2n) is 4.44. The van der Waals surface area contributed by atoms with E-state index >= 15 is 0 Å². The molecular formula is C15H18N2O3. The molecule has 2 rings (SSSR count). The summed E-state index contributed by atoms with van der Waals surface area (Å²) in [6, 6.07) is 10.9. The third-order valence-corrected chi connectivity index (χ3v) is 2.87. The number of carbonyl (C=O) groups is 1. The number of hydrogen-bond donors (Lipinski definition) is 2. The third kappa shape index (κ3) is 3.86. The number of ether oxygens (including phenoxy) is 1. The molecule has 1 aromatic carbocycles. The van der Waals surface area contributed by atoms with E-state index in [1.54, 1.807) is 19.4 Å². The Morgan fingerprint density at radius 3 is 2.85 bits per heavy atom. The molecule has 0 radical (unpaired) electrons. The van der Waals surface area contributed by atoms with E-state index in [-0.39, 0.29) is 12.1 Å². The van der Waals surface area contributed by atoms with Crippen LogP contribution in [0.2, 0.25) is 0 Å². The van der Waals surface area contributed by atoms with Crippen molar-refractivity contribution in [1.29, 1.82) is 0 Å². The first kappa shape index (κ1) is 14.1. The van der Waals surface area contributed by atoms with Crippen molar-refractivity contribution in [2.75, 3.05) is 19.0 Å². The fourth-order valence-electron chi connectivity index (χ4n) is 1.86. The number of aryl methyl sites for hydroxylation is 1. The van der Waals surface area contributed by atoms with E-state index in [1.807, 2.05) is 37.3 Å². The van der Waals surface area contributed by atoms with E-state index in [9.17, 15) is 4.79 Å². The molecule has 0 aliphatic carbocycles. The van der Waals surface area contributed by atoms with Crippen LogP contribution in [0.4, 0.5) is 10.5 Å². The summed E-state index contributed by atoms with van der Waals surface area (Å²) in [6.07, 6.45) is 1.28. The van der Waals surface area contributed by atoms with E-state index < -0.39 is 0 Å². The van der Waals surface area contributed by atoms with Gasteiger partial charge in [0.15, 0.2) is 0 Å². The molecule has 0 bridgehead atoms. The highest BCUT2D eigenvalue weighted by Crippen LogP contribution is 2.16. The second kappa shape index (κ2) is 6.77. The zero-order chi connectivity index (χ0) is 14.4. The lowest BCUT2D eigenvalue weighted by Gasteiger charge is -2.14. The summed E-state index contributed by atoms with van der Waals surface area (Å²) >= 11 is 0. The monoisotopic (exact) mass is 274 g/mol. The lowest BCUT2D eigenvalue weighted by atomic mass is 10.2. The first-order valence-electron chi connectivity index (χ1n) is 6.37. The molecule has 1 atom stereocenters. The van der Waals surface area contributed by atoms with Crippen LogP contribution in [0.15, 0.2) is 47.1 Å². The molecular weight excluding hydrogens is 256 g/mol. The van der Waals surface area contributed by atoms with Crippen LogP contribution in [0.25, 0.3) is 0 Å². The fourth-order valence-corrected chi connectivity index (χ4v) is 1.86. The minimum absolute atomic E-state index is 0.274. The number of carbonyl (C=O) groups excluding carboxylic acids is 1. The maximum absolute atomic E-state index is 11.8. The van der Waals surface area contributed by atoms with Crippen molar-refractivity contribution < 1.29 is 13.9 Å². The maximum Gasteiger partial charge on any atom is 0.319 e. The Morgan fingerprint density at radius 1 is 1.35 bits per heavy atom. The van der Waals surface area contributed by atoms with Crippen LogP contribution in [0, 0.1) is 6.92 Å². The standard InChI is InChI=1S/C15H18N2O3/c1-11-5-3-6-12(9-11)17-15(18)16-10-14(19-2)13-7-4-8-20-13/h3-9,14H,10H2,1-2H3,(H2,16,17,18)/t14-/m1/s1. The number of methoxy groups -OCH3 is 1. The van der Waals surface area contributed by atoms with Gasteiger partial charge in [-0.05, 0) is 36.8 Å². The highest BCUT2D eigenvalue weighted by molar-refractivity contribution is 5.89. The Kier molecular flexibility index (Phi) is 4.79. The van der Waals surface area contributed by atoms with Gasteiger partial charge in [0.05, 0.1) is 12.8 Å². The normalized spacial score (nSPS) is 11.9. The quantitative estimate of drug-likeness (QED) is 0.880. The molecule has 0 saturated carbocycles. The molecule has 20 heavy (non-hydrogen) atoms. The van der Waals surface area contributed by atoms with Crippen molar-refractivity contribution in [3.63, 3.8) is 0 Å². The molecule has 0 saturated heterocycles. The van der Waals surface area contributed by atoms with Gasteiger partial charge in [-0.2, -0.15) is 0 Å². The average molecular weight is 274 g/mol. The molecule has 0 fully saturated rings. The summed E-state index contributed by atoms with van der Waals surface area (Å²) in [5.74, 6) is 0.684. The van der Waals surface area contributed by atoms with Crippen molar-refractivity contribution in [3.05, 3.63) is 54.0 Å². The highest BCUT2D eigenvalue weighted by atomic mass is 16.5. The van der Waals surface area contributed by atoms with Gasteiger partial charge in [0.2, 0.25) is 0 Å². The van der Waals surface area contributed by atoms with E-state index in [0.29, 0.717) is 12.3 Å². The molecule has 2 N–H and O–H groups in total. The summed E-state index contributed by atoms with van der Waals surface area (Å²) in [7, 11) is 1.58. The molecule has 2 amide bonds. The third-order valence-electron chi connectivity index (χ3n) is 2.87. The van der Waals surface area contributed by atoms with Gasteiger partial charge in [0.1, 0.15) is 11.9 Å². The first-order chi connectivity index (χ1) is 9.69. The van der Waals surface area contributed by atoms with E-state index in [2.05, 4.69) is 10.6 Å². The number of rotatable bonds is 5. The first-order valence-corrected chi connectivity index (χ1v) is 6.37. The Bertz CT molecular complexity index is 552. The SMILES string of the molecule is CO[C@H](CNC(=O)Nc1cccc(C)c1)c1ccco1. The highest BCUT2D eigenvalue weighted by Gasteiger charge is 2.14. The lowest BCUT2D eigenvalue weighted by Crippen LogP contribution is -2.32. The smallest absolute Gasteiger partial charge is 0.319 e. The predicted molar refractivity (Wildman–Crippen MR) is 76.7 cm³/mol. The van der Waals surface area contributed by atoms with Crippen LogP contribution < -0.4 is 10.6 Å². The summed E-state index contributed by atoms with van der Waals surface area (Å²) < 4.78 is 10.5. The van der Waals surface area contributed by atoms with Crippen molar-refractivity contribution in [2.24, 2.45) is 0 Å². The number of furan rings is 1. The Hall–Kier alpha value is -2.27. The largest absolute Gasteiger partial charge is 0.467 e. The summed E-state index contributed by atoms with van der Waals surface area (Å²) in [5, 5.41) is 5.53. The zero-order valence-electron chi connectivity index (χ0n) is 11.6. The van der Waals surface area contributed by atoms with Crippen molar-refractivity contribution >= 4 is 11.7 Å². The van der Waals surface area contributed by atoms with Gasteiger partial charge < -0.3 is 19.8 Å². The van der Waals surface area contributed by atoms with Gasteiger partial charge in [-0.3, -0.25) is 0 Å². The molecule has 106 valence electrons. The van der Waals surface area contributed by atoms with E-state index in [1.165, 1.54) is 0 Å². The van der Waals surface area contributed by atoms with Crippen molar-refractivity contribution in [2.45, 2.75) is 13.0 Å². The topological polar surface area (TPSA) is 63.5 Å². The van der Waals surface area contributed by atoms with E-state index in [4.69, 9.17) is 9.15 Å². The minimum Gasteiger partial charge on any atom is -0.467 e.